The molecule has 3 aromatic rings. The van der Waals surface area contributed by atoms with Crippen LogP contribution in [0.15, 0.2) is 58.7 Å². The Morgan fingerprint density at radius 1 is 1.28 bits per heavy atom. The maximum absolute atomic E-state index is 13.0. The van der Waals surface area contributed by atoms with Crippen molar-refractivity contribution in [3.8, 4) is 0 Å². The number of nitrogens with zero attached hydrogens (tertiary/aromatic N) is 2. The summed E-state index contributed by atoms with van der Waals surface area (Å²) in [5.41, 5.74) is 1.30. The van der Waals surface area contributed by atoms with Gasteiger partial charge in [0.05, 0.1) is 25.8 Å². The molecule has 4 heterocycles. The molecule has 0 N–H and O–H groups in total. The number of amides is 1. The van der Waals surface area contributed by atoms with Crippen LogP contribution in [0.3, 0.4) is 0 Å². The predicted molar refractivity (Wildman–Crippen MR) is 95.5 cm³/mol. The summed E-state index contributed by atoms with van der Waals surface area (Å²) in [6, 6.07) is 11.3. The summed E-state index contributed by atoms with van der Waals surface area (Å²) in [4.78, 5) is 20.2. The van der Waals surface area contributed by atoms with Crippen LogP contribution in [0.5, 0.6) is 0 Å². The SMILES string of the molecule is O=C(C[C@H]1OCCc2ccsc21)N(Cc1ccco1)c1ccccn1. The van der Waals surface area contributed by atoms with E-state index >= 15 is 0 Å². The molecular formula is C19H18N2O3S. The van der Waals surface area contributed by atoms with E-state index in [2.05, 4.69) is 16.4 Å². The number of anilines is 1. The van der Waals surface area contributed by atoms with Crippen molar-refractivity contribution in [1.29, 1.82) is 0 Å². The second-order valence-electron chi connectivity index (χ2n) is 5.87. The second kappa shape index (κ2) is 7.21. The van der Waals surface area contributed by atoms with Crippen molar-refractivity contribution in [3.05, 3.63) is 70.4 Å². The van der Waals surface area contributed by atoms with Crippen molar-refractivity contribution in [2.24, 2.45) is 0 Å². The minimum Gasteiger partial charge on any atom is -0.467 e. The zero-order valence-electron chi connectivity index (χ0n) is 13.6. The Labute approximate surface area is 149 Å². The number of hydrogen-bond donors (Lipinski definition) is 0. The van der Waals surface area contributed by atoms with Crippen LogP contribution < -0.4 is 4.90 Å². The first-order chi connectivity index (χ1) is 12.3. The minimum atomic E-state index is -0.181. The van der Waals surface area contributed by atoms with Crippen molar-refractivity contribution in [3.63, 3.8) is 0 Å². The molecule has 0 spiro atoms. The lowest BCUT2D eigenvalue weighted by molar-refractivity contribution is -0.122. The molecule has 1 aliphatic heterocycles. The van der Waals surface area contributed by atoms with E-state index in [1.54, 1.807) is 28.7 Å². The van der Waals surface area contributed by atoms with Crippen LogP contribution in [-0.2, 0) is 22.5 Å². The van der Waals surface area contributed by atoms with Gasteiger partial charge in [0, 0.05) is 11.1 Å². The molecule has 0 saturated carbocycles. The Balaban J connectivity index is 1.56. The Morgan fingerprint density at radius 3 is 3.04 bits per heavy atom. The molecule has 0 fully saturated rings. The summed E-state index contributed by atoms with van der Waals surface area (Å²) in [5, 5.41) is 2.07. The molecule has 0 unspecified atom stereocenters. The average Bonchev–Trinajstić information content (AvgIpc) is 3.32. The molecule has 1 atom stereocenters. The minimum absolute atomic E-state index is 0.0265. The van der Waals surface area contributed by atoms with Crippen LogP contribution in [0.2, 0.25) is 0 Å². The third kappa shape index (κ3) is 3.50. The van der Waals surface area contributed by atoms with Crippen molar-refractivity contribution in [2.45, 2.75) is 25.5 Å². The zero-order valence-corrected chi connectivity index (χ0v) is 14.4. The van der Waals surface area contributed by atoms with Gasteiger partial charge in [-0.15, -0.1) is 11.3 Å². The predicted octanol–water partition coefficient (Wildman–Crippen LogP) is 3.97. The number of aromatic nitrogens is 1. The van der Waals surface area contributed by atoms with E-state index in [0.717, 1.165) is 12.2 Å². The Morgan fingerprint density at radius 2 is 2.24 bits per heavy atom. The number of hydrogen-bond acceptors (Lipinski definition) is 5. The number of fused-ring (bicyclic) bond motifs is 1. The fraction of sp³-hybridized carbons (Fsp3) is 0.263. The lowest BCUT2D eigenvalue weighted by Gasteiger charge is -2.26. The molecule has 0 aromatic carbocycles. The van der Waals surface area contributed by atoms with Gasteiger partial charge >= 0.3 is 0 Å². The van der Waals surface area contributed by atoms with Gasteiger partial charge in [-0.3, -0.25) is 9.69 Å². The fourth-order valence-corrected chi connectivity index (χ4v) is 4.02. The van der Waals surface area contributed by atoms with Crippen molar-refractivity contribution >= 4 is 23.1 Å². The number of carbonyl (C=O) groups excluding carboxylic acids is 1. The number of pyridine rings is 1. The van der Waals surface area contributed by atoms with E-state index in [9.17, 15) is 4.79 Å². The molecular weight excluding hydrogens is 336 g/mol. The maximum Gasteiger partial charge on any atom is 0.231 e. The molecule has 0 bridgehead atoms. The number of ether oxygens (including phenoxy) is 1. The summed E-state index contributed by atoms with van der Waals surface area (Å²) in [6.45, 7) is 1.01. The van der Waals surface area contributed by atoms with Crippen LogP contribution in [0, 0.1) is 0 Å². The first-order valence-corrected chi connectivity index (χ1v) is 9.11. The summed E-state index contributed by atoms with van der Waals surface area (Å²) in [6.07, 6.45) is 4.33. The topological polar surface area (TPSA) is 55.6 Å². The first-order valence-electron chi connectivity index (χ1n) is 8.23. The highest BCUT2D eigenvalue weighted by Gasteiger charge is 2.28. The van der Waals surface area contributed by atoms with Crippen molar-refractivity contribution in [2.75, 3.05) is 11.5 Å². The molecule has 4 rings (SSSR count). The van der Waals surface area contributed by atoms with Crippen molar-refractivity contribution in [1.82, 2.24) is 4.98 Å². The largest absolute Gasteiger partial charge is 0.467 e. The molecule has 0 radical (unpaired) electrons. The molecule has 3 aromatic heterocycles. The quantitative estimate of drug-likeness (QED) is 0.696. The van der Waals surface area contributed by atoms with Crippen molar-refractivity contribution < 1.29 is 13.9 Å². The summed E-state index contributed by atoms with van der Waals surface area (Å²) in [7, 11) is 0. The highest BCUT2D eigenvalue weighted by molar-refractivity contribution is 7.10. The Kier molecular flexibility index (Phi) is 4.63. The van der Waals surface area contributed by atoms with E-state index in [0.29, 0.717) is 25.4 Å². The molecule has 0 aliphatic carbocycles. The molecule has 6 heteroatoms. The van der Waals surface area contributed by atoms with Gasteiger partial charge in [-0.2, -0.15) is 0 Å². The Bertz CT molecular complexity index is 829. The normalized spacial score (nSPS) is 16.4. The lowest BCUT2D eigenvalue weighted by atomic mass is 10.0. The van der Waals surface area contributed by atoms with Crippen LogP contribution in [0.4, 0.5) is 5.82 Å². The van der Waals surface area contributed by atoms with Gasteiger partial charge < -0.3 is 9.15 Å². The Hall–Kier alpha value is -2.44. The van der Waals surface area contributed by atoms with Crippen LogP contribution >= 0.6 is 11.3 Å². The number of thiophene rings is 1. The standard InChI is InChI=1S/C19H18N2O3S/c22-18(12-16-19-14(6-10-24-16)7-11-25-19)21(13-15-4-3-9-23-15)17-5-1-2-8-20-17/h1-5,7-9,11,16H,6,10,12-13H2/t16-/m1/s1. The molecule has 0 saturated heterocycles. The van der Waals surface area contributed by atoms with Gasteiger partial charge in [0.1, 0.15) is 17.7 Å². The smallest absolute Gasteiger partial charge is 0.231 e. The molecule has 25 heavy (non-hydrogen) atoms. The lowest BCUT2D eigenvalue weighted by Crippen LogP contribution is -2.33. The van der Waals surface area contributed by atoms with Crippen LogP contribution in [0.25, 0.3) is 0 Å². The molecule has 1 aliphatic rings. The molecule has 5 nitrogen and oxygen atoms in total. The summed E-state index contributed by atoms with van der Waals surface area (Å²) in [5.74, 6) is 1.31. The fourth-order valence-electron chi connectivity index (χ4n) is 3.01. The number of furan rings is 1. The second-order valence-corrected chi connectivity index (χ2v) is 6.82. The van der Waals surface area contributed by atoms with E-state index in [1.165, 1.54) is 10.4 Å². The summed E-state index contributed by atoms with van der Waals surface area (Å²) < 4.78 is 11.3. The van der Waals surface area contributed by atoms with Crippen LogP contribution in [-0.4, -0.2) is 17.5 Å². The zero-order chi connectivity index (χ0) is 17.1. The van der Waals surface area contributed by atoms with E-state index in [1.807, 2.05) is 30.3 Å². The van der Waals surface area contributed by atoms with Gasteiger partial charge in [0.2, 0.25) is 5.91 Å². The van der Waals surface area contributed by atoms with Crippen LogP contribution in [0.1, 0.15) is 28.7 Å². The van der Waals surface area contributed by atoms with Gasteiger partial charge in [0.25, 0.3) is 0 Å². The molecule has 1 amide bonds. The number of carbonyl (C=O) groups is 1. The van der Waals surface area contributed by atoms with E-state index in [-0.39, 0.29) is 12.0 Å². The van der Waals surface area contributed by atoms with Gasteiger partial charge in [0.15, 0.2) is 0 Å². The highest BCUT2D eigenvalue weighted by Crippen LogP contribution is 2.34. The molecule has 128 valence electrons. The van der Waals surface area contributed by atoms with E-state index < -0.39 is 0 Å². The average molecular weight is 354 g/mol. The third-order valence-corrected chi connectivity index (χ3v) is 5.30. The van der Waals surface area contributed by atoms with Gasteiger partial charge in [-0.05, 0) is 47.7 Å². The van der Waals surface area contributed by atoms with Gasteiger partial charge in [-0.1, -0.05) is 6.07 Å². The monoisotopic (exact) mass is 354 g/mol. The number of rotatable bonds is 5. The van der Waals surface area contributed by atoms with Gasteiger partial charge in [-0.25, -0.2) is 4.98 Å². The highest BCUT2D eigenvalue weighted by atomic mass is 32.1. The first kappa shape index (κ1) is 16.1. The van der Waals surface area contributed by atoms with E-state index in [4.69, 9.17) is 9.15 Å². The maximum atomic E-state index is 13.0. The third-order valence-electron chi connectivity index (χ3n) is 4.24. The summed E-state index contributed by atoms with van der Waals surface area (Å²) >= 11 is 1.66.